The Kier molecular flexibility index (Phi) is 8.21. The number of benzene rings is 2. The van der Waals surface area contributed by atoms with Crippen LogP contribution in [0.1, 0.15) is 51.0 Å². The van der Waals surface area contributed by atoms with Crippen LogP contribution in [0.15, 0.2) is 48.5 Å². The van der Waals surface area contributed by atoms with Crippen LogP contribution in [0.25, 0.3) is 11.0 Å². The first-order chi connectivity index (χ1) is 17.7. The minimum Gasteiger partial charge on any atom is -0.497 e. The van der Waals surface area contributed by atoms with Crippen LogP contribution in [0.2, 0.25) is 0 Å². The monoisotopic (exact) mass is 507 g/mol. The molecule has 4 rings (SSSR count). The molecule has 1 unspecified atom stereocenters. The van der Waals surface area contributed by atoms with Crippen LogP contribution < -0.4 is 15.4 Å². The highest BCUT2D eigenvalue weighted by Crippen LogP contribution is 2.22. The molecule has 1 fully saturated rings. The van der Waals surface area contributed by atoms with Crippen molar-refractivity contribution in [3.8, 4) is 5.75 Å². The van der Waals surface area contributed by atoms with E-state index >= 15 is 0 Å². The summed E-state index contributed by atoms with van der Waals surface area (Å²) in [6.07, 6.45) is 1.94. The summed E-state index contributed by atoms with van der Waals surface area (Å²) in [6.45, 7) is 7.40. The number of aromatic nitrogens is 2. The number of para-hydroxylation sites is 2. The van der Waals surface area contributed by atoms with Crippen molar-refractivity contribution in [1.29, 1.82) is 0 Å². The summed E-state index contributed by atoms with van der Waals surface area (Å²) in [5.41, 5.74) is 2.34. The predicted molar refractivity (Wildman–Crippen MR) is 143 cm³/mol. The first-order valence-corrected chi connectivity index (χ1v) is 12.8. The van der Waals surface area contributed by atoms with Crippen LogP contribution in [0.3, 0.4) is 0 Å². The van der Waals surface area contributed by atoms with Crippen LogP contribution in [-0.2, 0) is 11.2 Å². The molecule has 2 heterocycles. The summed E-state index contributed by atoms with van der Waals surface area (Å²) in [5, 5.41) is 6.13. The van der Waals surface area contributed by atoms with Gasteiger partial charge < -0.3 is 30.0 Å². The molecule has 1 aliphatic heterocycles. The Balaban J connectivity index is 1.34. The number of hydrogen-bond acceptors (Lipinski definition) is 5. The van der Waals surface area contributed by atoms with Crippen LogP contribution in [-0.4, -0.2) is 59.3 Å². The number of hydrogen-bond donors (Lipinski definition) is 3. The molecule has 2 aromatic carbocycles. The highest BCUT2D eigenvalue weighted by atomic mass is 16.6. The molecule has 198 valence electrons. The zero-order valence-electron chi connectivity index (χ0n) is 22.0. The van der Waals surface area contributed by atoms with Crippen molar-refractivity contribution in [2.24, 2.45) is 5.92 Å². The maximum absolute atomic E-state index is 12.9. The highest BCUT2D eigenvalue weighted by molar-refractivity contribution is 5.76. The minimum atomic E-state index is -0.504. The molecule has 1 aliphatic rings. The van der Waals surface area contributed by atoms with Gasteiger partial charge in [-0.25, -0.2) is 14.6 Å². The molecule has 3 aromatic rings. The number of urea groups is 1. The van der Waals surface area contributed by atoms with Gasteiger partial charge in [-0.05, 0) is 75.8 Å². The second-order valence-electron chi connectivity index (χ2n) is 10.5. The van der Waals surface area contributed by atoms with Gasteiger partial charge in [0.25, 0.3) is 0 Å². The van der Waals surface area contributed by atoms with E-state index in [0.29, 0.717) is 37.8 Å². The van der Waals surface area contributed by atoms with E-state index in [-0.39, 0.29) is 18.2 Å². The van der Waals surface area contributed by atoms with Crippen LogP contribution >= 0.6 is 0 Å². The van der Waals surface area contributed by atoms with E-state index in [1.54, 1.807) is 12.0 Å². The Morgan fingerprint density at radius 1 is 1.11 bits per heavy atom. The molecule has 9 nitrogen and oxygen atoms in total. The fourth-order valence-electron chi connectivity index (χ4n) is 4.44. The molecule has 0 saturated carbocycles. The minimum absolute atomic E-state index is 0.242. The quantitative estimate of drug-likeness (QED) is 0.426. The smallest absolute Gasteiger partial charge is 0.410 e. The molecule has 9 heteroatoms. The van der Waals surface area contributed by atoms with Gasteiger partial charge in [0.15, 0.2) is 0 Å². The summed E-state index contributed by atoms with van der Waals surface area (Å²) in [5.74, 6) is 1.79. The van der Waals surface area contributed by atoms with Crippen molar-refractivity contribution in [2.45, 2.75) is 51.7 Å². The van der Waals surface area contributed by atoms with E-state index in [9.17, 15) is 9.59 Å². The largest absolute Gasteiger partial charge is 0.497 e. The average Bonchev–Trinajstić information content (AvgIpc) is 3.31. The van der Waals surface area contributed by atoms with Crippen molar-refractivity contribution >= 4 is 23.2 Å². The summed E-state index contributed by atoms with van der Waals surface area (Å²) in [6, 6.07) is 15.0. The van der Waals surface area contributed by atoms with Gasteiger partial charge in [0.2, 0.25) is 0 Å². The number of carbonyl (C=O) groups is 2. The van der Waals surface area contributed by atoms with E-state index in [1.165, 1.54) is 0 Å². The lowest BCUT2D eigenvalue weighted by Gasteiger charge is -2.33. The van der Waals surface area contributed by atoms with Gasteiger partial charge in [0.05, 0.1) is 24.2 Å². The Hall–Kier alpha value is -3.75. The summed E-state index contributed by atoms with van der Waals surface area (Å²) in [7, 11) is 1.64. The SMILES string of the molecule is COc1ccc(CC(NC(=O)NCC2CCN(C(=O)OC(C)(C)C)CC2)c2nc3ccccc3[nH]2)cc1. The number of rotatable bonds is 7. The lowest BCUT2D eigenvalue weighted by Crippen LogP contribution is -2.45. The average molecular weight is 508 g/mol. The number of nitrogens with one attached hydrogen (secondary N) is 3. The molecule has 0 radical (unpaired) electrons. The Labute approximate surface area is 217 Å². The molecular weight excluding hydrogens is 470 g/mol. The number of fused-ring (bicyclic) bond motifs is 1. The first kappa shape index (κ1) is 26.3. The lowest BCUT2D eigenvalue weighted by atomic mass is 9.97. The number of nitrogens with zero attached hydrogens (tertiary/aromatic N) is 2. The predicted octanol–water partition coefficient (Wildman–Crippen LogP) is 4.80. The summed E-state index contributed by atoms with van der Waals surface area (Å²) in [4.78, 5) is 35.1. The number of imidazole rings is 1. The van der Waals surface area contributed by atoms with E-state index in [4.69, 9.17) is 14.5 Å². The number of piperidine rings is 1. The van der Waals surface area contributed by atoms with E-state index < -0.39 is 5.60 Å². The second-order valence-corrected chi connectivity index (χ2v) is 10.5. The van der Waals surface area contributed by atoms with Crippen molar-refractivity contribution in [2.75, 3.05) is 26.7 Å². The van der Waals surface area contributed by atoms with Crippen LogP contribution in [0.5, 0.6) is 5.75 Å². The number of amides is 3. The molecule has 3 N–H and O–H groups in total. The van der Waals surface area contributed by atoms with Crippen molar-refractivity contribution in [1.82, 2.24) is 25.5 Å². The number of likely N-dealkylation sites (tertiary alicyclic amines) is 1. The second kappa shape index (κ2) is 11.5. The van der Waals surface area contributed by atoms with Gasteiger partial charge in [0.1, 0.15) is 17.2 Å². The van der Waals surface area contributed by atoms with Gasteiger partial charge in [-0.1, -0.05) is 24.3 Å². The zero-order valence-corrected chi connectivity index (χ0v) is 22.0. The Morgan fingerprint density at radius 2 is 1.81 bits per heavy atom. The van der Waals surface area contributed by atoms with Crippen LogP contribution in [0, 0.1) is 5.92 Å². The number of H-pyrrole nitrogens is 1. The van der Waals surface area contributed by atoms with E-state index in [2.05, 4.69) is 15.6 Å². The third kappa shape index (κ3) is 7.38. The van der Waals surface area contributed by atoms with Gasteiger partial charge in [-0.2, -0.15) is 0 Å². The standard InChI is InChI=1S/C28H37N5O4/c1-28(2,3)37-27(35)33-15-13-20(14-16-33)18-29-26(34)32-24(17-19-9-11-21(36-4)12-10-19)25-30-22-7-5-6-8-23(22)31-25/h5-12,20,24H,13-18H2,1-4H3,(H,30,31)(H2,29,32,34). The highest BCUT2D eigenvalue weighted by Gasteiger charge is 2.27. The third-order valence-electron chi connectivity index (χ3n) is 6.46. The maximum atomic E-state index is 12.9. The molecule has 0 bridgehead atoms. The fourth-order valence-corrected chi connectivity index (χ4v) is 4.44. The summed E-state index contributed by atoms with van der Waals surface area (Å²) < 4.78 is 10.7. The zero-order chi connectivity index (χ0) is 26.4. The van der Waals surface area contributed by atoms with Crippen LogP contribution in [0.4, 0.5) is 9.59 Å². The Bertz CT molecular complexity index is 1160. The van der Waals surface area contributed by atoms with Gasteiger partial charge in [-0.3, -0.25) is 0 Å². The van der Waals surface area contributed by atoms with Crippen molar-refractivity contribution < 1.29 is 19.1 Å². The fraction of sp³-hybridized carbons (Fsp3) is 0.464. The molecule has 1 saturated heterocycles. The topological polar surface area (TPSA) is 109 Å². The number of carbonyl (C=O) groups excluding carboxylic acids is 2. The molecule has 37 heavy (non-hydrogen) atoms. The molecule has 1 atom stereocenters. The van der Waals surface area contributed by atoms with Crippen molar-refractivity contribution in [3.05, 3.63) is 59.9 Å². The van der Waals surface area contributed by atoms with Gasteiger partial charge in [-0.15, -0.1) is 0 Å². The number of aromatic amines is 1. The molecule has 3 amide bonds. The molecular formula is C28H37N5O4. The Morgan fingerprint density at radius 3 is 2.46 bits per heavy atom. The van der Waals surface area contributed by atoms with Gasteiger partial charge in [0, 0.05) is 19.6 Å². The number of ether oxygens (including phenoxy) is 2. The molecule has 0 spiro atoms. The lowest BCUT2D eigenvalue weighted by molar-refractivity contribution is 0.0184. The molecule has 1 aromatic heterocycles. The van der Waals surface area contributed by atoms with Gasteiger partial charge >= 0.3 is 12.1 Å². The first-order valence-electron chi connectivity index (χ1n) is 12.8. The third-order valence-corrected chi connectivity index (χ3v) is 6.46. The normalized spacial score (nSPS) is 15.3. The number of methoxy groups -OCH3 is 1. The van der Waals surface area contributed by atoms with Crippen molar-refractivity contribution in [3.63, 3.8) is 0 Å². The maximum Gasteiger partial charge on any atom is 0.410 e. The summed E-state index contributed by atoms with van der Waals surface area (Å²) >= 11 is 0. The van der Waals surface area contributed by atoms with E-state index in [1.807, 2.05) is 69.3 Å². The molecule has 0 aliphatic carbocycles. The van der Waals surface area contributed by atoms with E-state index in [0.717, 1.165) is 35.2 Å².